The number of nitrogens with zero attached hydrogens (tertiary/aromatic N) is 1. The number of carbonyl (C=O) groups is 2. The van der Waals surface area contributed by atoms with Crippen molar-refractivity contribution in [3.05, 3.63) is 12.3 Å². The Balaban J connectivity index is 1.82. The predicted octanol–water partition coefficient (Wildman–Crippen LogP) is 0.614. The van der Waals surface area contributed by atoms with E-state index < -0.39 is 5.91 Å². The van der Waals surface area contributed by atoms with Gasteiger partial charge in [0.2, 0.25) is 11.8 Å². The number of amides is 2. The molecule has 5 heteroatoms. The van der Waals surface area contributed by atoms with Crippen molar-refractivity contribution in [1.82, 2.24) is 10.2 Å². The van der Waals surface area contributed by atoms with Crippen LogP contribution in [0.3, 0.4) is 0 Å². The highest BCUT2D eigenvalue weighted by molar-refractivity contribution is 5.85. The zero-order chi connectivity index (χ0) is 13.7. The molecule has 2 heterocycles. The quantitative estimate of drug-likeness (QED) is 0.765. The van der Waals surface area contributed by atoms with Gasteiger partial charge in [-0.1, -0.05) is 6.08 Å². The molecule has 0 aliphatic carbocycles. The van der Waals surface area contributed by atoms with Crippen molar-refractivity contribution in [2.75, 3.05) is 19.6 Å². The van der Waals surface area contributed by atoms with Crippen LogP contribution in [0.5, 0.6) is 0 Å². The first-order valence-corrected chi connectivity index (χ1v) is 7.14. The molecule has 1 fully saturated rings. The Bertz CT molecular complexity index is 368. The zero-order valence-corrected chi connectivity index (χ0v) is 11.3. The van der Waals surface area contributed by atoms with Crippen LogP contribution in [0.1, 0.15) is 32.1 Å². The lowest BCUT2D eigenvalue weighted by Crippen LogP contribution is -2.45. The second-order valence-electron chi connectivity index (χ2n) is 5.50. The molecule has 0 bridgehead atoms. The number of piperidine rings is 1. The Morgan fingerprint density at radius 3 is 2.95 bits per heavy atom. The number of nitrogens with two attached hydrogens (primary N) is 1. The Kier molecular flexibility index (Phi) is 4.82. The van der Waals surface area contributed by atoms with E-state index in [0.29, 0.717) is 12.5 Å². The van der Waals surface area contributed by atoms with Gasteiger partial charge in [-0.3, -0.25) is 9.59 Å². The van der Waals surface area contributed by atoms with E-state index in [1.165, 1.54) is 0 Å². The summed E-state index contributed by atoms with van der Waals surface area (Å²) in [6.45, 7) is 1.77. The second kappa shape index (κ2) is 6.59. The van der Waals surface area contributed by atoms with Gasteiger partial charge in [0.15, 0.2) is 0 Å². The fraction of sp³-hybridized carbons (Fsp3) is 0.714. The van der Waals surface area contributed by atoms with Gasteiger partial charge in [-0.15, -0.1) is 0 Å². The SMILES string of the molecule is NC(=O)CN1CCC[C@@H](CCC2C=CNCC2)C1=O. The summed E-state index contributed by atoms with van der Waals surface area (Å²) in [5, 5.41) is 3.18. The number of hydrogen-bond donors (Lipinski definition) is 2. The normalized spacial score (nSPS) is 27.2. The lowest BCUT2D eigenvalue weighted by molar-refractivity contribution is -0.141. The molecule has 106 valence electrons. The summed E-state index contributed by atoms with van der Waals surface area (Å²) in [7, 11) is 0. The van der Waals surface area contributed by atoms with Crippen molar-refractivity contribution in [1.29, 1.82) is 0 Å². The minimum atomic E-state index is -0.421. The number of primary amides is 1. The first kappa shape index (κ1) is 13.9. The van der Waals surface area contributed by atoms with Crippen LogP contribution in [0.2, 0.25) is 0 Å². The van der Waals surface area contributed by atoms with E-state index in [1.807, 2.05) is 6.20 Å². The Morgan fingerprint density at radius 2 is 2.26 bits per heavy atom. The predicted molar refractivity (Wildman–Crippen MR) is 73.0 cm³/mol. The maximum Gasteiger partial charge on any atom is 0.237 e. The largest absolute Gasteiger partial charge is 0.391 e. The van der Waals surface area contributed by atoms with E-state index in [2.05, 4.69) is 11.4 Å². The monoisotopic (exact) mass is 265 g/mol. The smallest absolute Gasteiger partial charge is 0.237 e. The van der Waals surface area contributed by atoms with Gasteiger partial charge in [0.1, 0.15) is 0 Å². The van der Waals surface area contributed by atoms with E-state index in [4.69, 9.17) is 5.73 Å². The highest BCUT2D eigenvalue weighted by Gasteiger charge is 2.29. The van der Waals surface area contributed by atoms with Crippen LogP contribution in [-0.2, 0) is 9.59 Å². The third-order valence-corrected chi connectivity index (χ3v) is 4.02. The molecule has 19 heavy (non-hydrogen) atoms. The minimum Gasteiger partial charge on any atom is -0.391 e. The summed E-state index contributed by atoms with van der Waals surface area (Å²) < 4.78 is 0. The molecule has 0 saturated carbocycles. The second-order valence-corrected chi connectivity index (χ2v) is 5.50. The van der Waals surface area contributed by atoms with Crippen molar-refractivity contribution >= 4 is 11.8 Å². The topological polar surface area (TPSA) is 75.4 Å². The maximum atomic E-state index is 12.2. The molecule has 2 aliphatic heterocycles. The Hall–Kier alpha value is -1.52. The van der Waals surface area contributed by atoms with Crippen molar-refractivity contribution < 1.29 is 9.59 Å². The Morgan fingerprint density at radius 1 is 1.42 bits per heavy atom. The molecular weight excluding hydrogens is 242 g/mol. The molecule has 0 aromatic carbocycles. The van der Waals surface area contributed by atoms with Crippen LogP contribution in [0.25, 0.3) is 0 Å². The van der Waals surface area contributed by atoms with Crippen LogP contribution >= 0.6 is 0 Å². The number of likely N-dealkylation sites (tertiary alicyclic amines) is 1. The fourth-order valence-electron chi connectivity index (χ4n) is 2.94. The number of hydrogen-bond acceptors (Lipinski definition) is 3. The summed E-state index contributed by atoms with van der Waals surface area (Å²) in [5.74, 6) is 0.357. The van der Waals surface area contributed by atoms with Crippen molar-refractivity contribution in [2.45, 2.75) is 32.1 Å². The van der Waals surface area contributed by atoms with Gasteiger partial charge in [0, 0.05) is 19.0 Å². The summed E-state index contributed by atoms with van der Waals surface area (Å²) in [4.78, 5) is 24.8. The number of carbonyl (C=O) groups excluding carboxylic acids is 2. The van der Waals surface area contributed by atoms with Crippen LogP contribution in [0.4, 0.5) is 0 Å². The molecule has 0 radical (unpaired) electrons. The van der Waals surface area contributed by atoms with Crippen molar-refractivity contribution in [3.8, 4) is 0 Å². The van der Waals surface area contributed by atoms with Crippen LogP contribution in [0.15, 0.2) is 12.3 Å². The van der Waals surface area contributed by atoms with Gasteiger partial charge in [-0.25, -0.2) is 0 Å². The van der Waals surface area contributed by atoms with Crippen molar-refractivity contribution in [3.63, 3.8) is 0 Å². The third-order valence-electron chi connectivity index (χ3n) is 4.02. The average Bonchev–Trinajstić information content (AvgIpc) is 2.40. The Labute approximate surface area is 114 Å². The summed E-state index contributed by atoms with van der Waals surface area (Å²) in [5.41, 5.74) is 5.17. The standard InChI is InChI=1S/C14H23N3O2/c15-13(18)10-17-9-1-2-12(14(17)19)4-3-11-5-7-16-8-6-11/h5,7,11-12,16H,1-4,6,8-10H2,(H2,15,18)/t11?,12-/m0/s1. The van der Waals surface area contributed by atoms with Gasteiger partial charge in [-0.05, 0) is 44.2 Å². The molecule has 0 aromatic heterocycles. The lowest BCUT2D eigenvalue weighted by atomic mass is 9.87. The van der Waals surface area contributed by atoms with E-state index in [9.17, 15) is 9.59 Å². The third kappa shape index (κ3) is 3.98. The van der Waals surface area contributed by atoms with Gasteiger partial charge in [-0.2, -0.15) is 0 Å². The summed E-state index contributed by atoms with van der Waals surface area (Å²) in [6, 6.07) is 0. The number of rotatable bonds is 5. The molecule has 2 atom stereocenters. The molecule has 2 aliphatic rings. The zero-order valence-electron chi connectivity index (χ0n) is 11.3. The van der Waals surface area contributed by atoms with Gasteiger partial charge in [0.25, 0.3) is 0 Å². The molecule has 1 saturated heterocycles. The first-order valence-electron chi connectivity index (χ1n) is 7.14. The minimum absolute atomic E-state index is 0.0720. The molecule has 1 unspecified atom stereocenters. The van der Waals surface area contributed by atoms with Gasteiger partial charge in [0.05, 0.1) is 6.54 Å². The molecule has 2 rings (SSSR count). The summed E-state index contributed by atoms with van der Waals surface area (Å²) in [6.07, 6.45) is 9.24. The van der Waals surface area contributed by atoms with E-state index in [0.717, 1.165) is 38.6 Å². The van der Waals surface area contributed by atoms with E-state index in [-0.39, 0.29) is 18.4 Å². The van der Waals surface area contributed by atoms with E-state index >= 15 is 0 Å². The van der Waals surface area contributed by atoms with Crippen molar-refractivity contribution in [2.24, 2.45) is 17.6 Å². The lowest BCUT2D eigenvalue weighted by Gasteiger charge is -2.32. The molecule has 5 nitrogen and oxygen atoms in total. The molecule has 3 N–H and O–H groups in total. The molecular formula is C14H23N3O2. The fourth-order valence-corrected chi connectivity index (χ4v) is 2.94. The first-order chi connectivity index (χ1) is 9.16. The number of allylic oxidation sites excluding steroid dienone is 1. The molecule has 0 spiro atoms. The average molecular weight is 265 g/mol. The highest BCUT2D eigenvalue weighted by atomic mass is 16.2. The van der Waals surface area contributed by atoms with Crippen LogP contribution in [-0.4, -0.2) is 36.3 Å². The van der Waals surface area contributed by atoms with Gasteiger partial charge >= 0.3 is 0 Å². The highest BCUT2D eigenvalue weighted by Crippen LogP contribution is 2.26. The van der Waals surface area contributed by atoms with Crippen LogP contribution < -0.4 is 11.1 Å². The number of nitrogens with one attached hydrogen (secondary N) is 1. The van der Waals surface area contributed by atoms with Gasteiger partial charge < -0.3 is 16.0 Å². The maximum absolute atomic E-state index is 12.2. The molecule has 2 amide bonds. The molecule has 0 aromatic rings. The summed E-state index contributed by atoms with van der Waals surface area (Å²) >= 11 is 0. The van der Waals surface area contributed by atoms with Crippen LogP contribution in [0, 0.1) is 11.8 Å². The van der Waals surface area contributed by atoms with E-state index in [1.54, 1.807) is 4.90 Å².